The van der Waals surface area contributed by atoms with Gasteiger partial charge in [0.25, 0.3) is 5.91 Å². The largest absolute Gasteiger partial charge is 0.352 e. The Hall–Kier alpha value is -3.06. The molecule has 1 amide bonds. The first-order valence-electron chi connectivity index (χ1n) is 9.70. The molecule has 0 spiro atoms. The highest BCUT2D eigenvalue weighted by atomic mass is 16.1. The third-order valence-corrected chi connectivity index (χ3v) is 5.04. The molecule has 1 atom stereocenters. The predicted molar refractivity (Wildman–Crippen MR) is 107 cm³/mol. The van der Waals surface area contributed by atoms with Crippen molar-refractivity contribution >= 4 is 5.91 Å². The fourth-order valence-electron chi connectivity index (χ4n) is 3.47. The van der Waals surface area contributed by atoms with Crippen molar-refractivity contribution in [3.05, 3.63) is 65.7 Å². The summed E-state index contributed by atoms with van der Waals surface area (Å²) in [6.45, 7) is 2.62. The lowest BCUT2D eigenvalue weighted by Gasteiger charge is -2.23. The fraction of sp³-hybridized carbons (Fsp3) is 0.333. The van der Waals surface area contributed by atoms with Gasteiger partial charge in [0.15, 0.2) is 5.82 Å². The molecule has 0 unspecified atom stereocenters. The van der Waals surface area contributed by atoms with E-state index in [1.54, 1.807) is 12.4 Å². The quantitative estimate of drug-likeness (QED) is 0.614. The fourth-order valence-corrected chi connectivity index (χ4v) is 3.47. The molecule has 0 radical (unpaired) electrons. The van der Waals surface area contributed by atoms with E-state index in [9.17, 15) is 4.79 Å². The molecule has 7 heteroatoms. The number of benzene rings is 1. The van der Waals surface area contributed by atoms with Crippen LogP contribution in [-0.2, 0) is 6.42 Å². The molecule has 28 heavy (non-hydrogen) atoms. The molecular weight excluding hydrogens is 352 g/mol. The molecular formula is C21H24N6O. The Bertz CT molecular complexity index is 900. The smallest absolute Gasteiger partial charge is 0.251 e. The number of carbonyl (C=O) groups is 1. The number of nitrogens with zero attached hydrogens (tertiary/aromatic N) is 3. The number of amides is 1. The maximum atomic E-state index is 12.4. The van der Waals surface area contributed by atoms with Crippen LogP contribution in [-0.4, -0.2) is 45.7 Å². The average molecular weight is 376 g/mol. The van der Waals surface area contributed by atoms with E-state index in [1.165, 1.54) is 18.4 Å². The zero-order valence-electron chi connectivity index (χ0n) is 15.7. The monoisotopic (exact) mass is 376 g/mol. The van der Waals surface area contributed by atoms with Crippen LogP contribution in [0.25, 0.3) is 11.4 Å². The molecule has 1 aliphatic rings. The van der Waals surface area contributed by atoms with Crippen LogP contribution < -0.4 is 10.6 Å². The zero-order chi connectivity index (χ0) is 19.2. The molecule has 4 rings (SSSR count). The van der Waals surface area contributed by atoms with Gasteiger partial charge in [-0.3, -0.25) is 14.9 Å². The highest BCUT2D eigenvalue weighted by Crippen LogP contribution is 2.23. The number of piperidine rings is 1. The number of carbonyl (C=O) groups excluding carboxylic acids is 1. The minimum Gasteiger partial charge on any atom is -0.352 e. The Balaban J connectivity index is 1.28. The van der Waals surface area contributed by atoms with Crippen molar-refractivity contribution in [3.63, 3.8) is 0 Å². The van der Waals surface area contributed by atoms with E-state index in [0.29, 0.717) is 30.3 Å². The Labute approximate surface area is 164 Å². The van der Waals surface area contributed by atoms with Crippen molar-refractivity contribution < 1.29 is 4.79 Å². The Morgan fingerprint density at radius 2 is 2.11 bits per heavy atom. The van der Waals surface area contributed by atoms with Gasteiger partial charge in [-0.15, -0.1) is 0 Å². The Morgan fingerprint density at radius 3 is 2.86 bits per heavy atom. The van der Waals surface area contributed by atoms with Gasteiger partial charge in [-0.1, -0.05) is 12.1 Å². The van der Waals surface area contributed by atoms with Crippen LogP contribution in [0.1, 0.15) is 40.5 Å². The van der Waals surface area contributed by atoms with Gasteiger partial charge in [-0.05, 0) is 55.1 Å². The van der Waals surface area contributed by atoms with E-state index in [1.807, 2.05) is 24.3 Å². The predicted octanol–water partition coefficient (Wildman–Crippen LogP) is 2.31. The van der Waals surface area contributed by atoms with Gasteiger partial charge in [-0.2, -0.15) is 5.10 Å². The van der Waals surface area contributed by atoms with Gasteiger partial charge in [0.2, 0.25) is 0 Å². The van der Waals surface area contributed by atoms with Crippen molar-refractivity contribution in [2.24, 2.45) is 0 Å². The van der Waals surface area contributed by atoms with Gasteiger partial charge in [0.05, 0.1) is 0 Å². The van der Waals surface area contributed by atoms with E-state index in [4.69, 9.17) is 0 Å². The van der Waals surface area contributed by atoms with Crippen LogP contribution in [0.15, 0.2) is 48.8 Å². The number of aromatic nitrogens is 4. The molecule has 3 N–H and O–H groups in total. The molecule has 144 valence electrons. The van der Waals surface area contributed by atoms with Gasteiger partial charge in [-0.25, -0.2) is 4.98 Å². The highest BCUT2D eigenvalue weighted by molar-refractivity contribution is 5.94. The summed E-state index contributed by atoms with van der Waals surface area (Å²) < 4.78 is 0. The molecule has 1 fully saturated rings. The van der Waals surface area contributed by atoms with Crippen LogP contribution in [0.4, 0.5) is 0 Å². The Kier molecular flexibility index (Phi) is 5.72. The molecule has 1 aliphatic heterocycles. The molecule has 0 aliphatic carbocycles. The summed E-state index contributed by atoms with van der Waals surface area (Å²) >= 11 is 0. The number of rotatable bonds is 6. The number of aromatic amines is 1. The van der Waals surface area contributed by atoms with Gasteiger partial charge < -0.3 is 10.6 Å². The molecule has 3 heterocycles. The standard InChI is InChI=1S/C21H24N6O/c28-21(16-7-5-15(6-8-16)17-3-1-10-22-13-17)24-12-9-19-25-20(27-26-19)18-4-2-11-23-14-18/h2,4-8,11,14,17,22H,1,3,9-10,12-13H2,(H,24,28)(H,25,26,27)/t17-/m0/s1. The third-order valence-electron chi connectivity index (χ3n) is 5.04. The van der Waals surface area contributed by atoms with Crippen molar-refractivity contribution in [1.82, 2.24) is 30.8 Å². The van der Waals surface area contributed by atoms with E-state index >= 15 is 0 Å². The van der Waals surface area contributed by atoms with Crippen molar-refractivity contribution in [2.45, 2.75) is 25.2 Å². The third kappa shape index (κ3) is 4.43. The molecule has 0 bridgehead atoms. The summed E-state index contributed by atoms with van der Waals surface area (Å²) in [5.41, 5.74) is 2.84. The highest BCUT2D eigenvalue weighted by Gasteiger charge is 2.15. The van der Waals surface area contributed by atoms with E-state index in [0.717, 1.165) is 24.5 Å². The number of hydrogen-bond acceptors (Lipinski definition) is 5. The van der Waals surface area contributed by atoms with Crippen molar-refractivity contribution in [2.75, 3.05) is 19.6 Å². The van der Waals surface area contributed by atoms with E-state index < -0.39 is 0 Å². The molecule has 2 aromatic heterocycles. The molecule has 1 saturated heterocycles. The second-order valence-corrected chi connectivity index (χ2v) is 7.02. The number of hydrogen-bond donors (Lipinski definition) is 3. The summed E-state index contributed by atoms with van der Waals surface area (Å²) in [6.07, 6.45) is 6.44. The molecule has 7 nitrogen and oxygen atoms in total. The minimum absolute atomic E-state index is 0.0692. The topological polar surface area (TPSA) is 95.6 Å². The first kappa shape index (κ1) is 18.3. The number of nitrogens with one attached hydrogen (secondary N) is 3. The lowest BCUT2D eigenvalue weighted by atomic mass is 9.91. The lowest BCUT2D eigenvalue weighted by Crippen LogP contribution is -2.28. The maximum Gasteiger partial charge on any atom is 0.251 e. The molecule has 3 aromatic rings. The first-order chi connectivity index (χ1) is 13.8. The summed E-state index contributed by atoms with van der Waals surface area (Å²) in [6, 6.07) is 11.7. The van der Waals surface area contributed by atoms with Crippen LogP contribution in [0, 0.1) is 0 Å². The van der Waals surface area contributed by atoms with Crippen LogP contribution in [0.3, 0.4) is 0 Å². The van der Waals surface area contributed by atoms with Crippen molar-refractivity contribution in [1.29, 1.82) is 0 Å². The zero-order valence-corrected chi connectivity index (χ0v) is 15.7. The average Bonchev–Trinajstić information content (AvgIpc) is 3.24. The second-order valence-electron chi connectivity index (χ2n) is 7.02. The Morgan fingerprint density at radius 1 is 1.21 bits per heavy atom. The normalized spacial score (nSPS) is 16.6. The van der Waals surface area contributed by atoms with Gasteiger partial charge in [0.1, 0.15) is 5.82 Å². The van der Waals surface area contributed by atoms with Crippen LogP contribution in [0.5, 0.6) is 0 Å². The SMILES string of the molecule is O=C(NCCc1nc(-c2cccnc2)n[nH]1)c1ccc([C@H]2CCCNC2)cc1. The number of pyridine rings is 1. The lowest BCUT2D eigenvalue weighted by molar-refractivity contribution is 0.0954. The first-order valence-corrected chi connectivity index (χ1v) is 9.70. The summed E-state index contributed by atoms with van der Waals surface area (Å²) in [5.74, 6) is 1.83. The molecule has 0 saturated carbocycles. The summed E-state index contributed by atoms with van der Waals surface area (Å²) in [7, 11) is 0. The van der Waals surface area contributed by atoms with Crippen LogP contribution in [0.2, 0.25) is 0 Å². The second kappa shape index (κ2) is 8.75. The molecule has 1 aromatic carbocycles. The van der Waals surface area contributed by atoms with E-state index in [2.05, 4.69) is 42.9 Å². The minimum atomic E-state index is -0.0692. The number of H-pyrrole nitrogens is 1. The van der Waals surface area contributed by atoms with Gasteiger partial charge in [0, 0.05) is 43.0 Å². The summed E-state index contributed by atoms with van der Waals surface area (Å²) in [5, 5.41) is 13.5. The van der Waals surface area contributed by atoms with Crippen molar-refractivity contribution in [3.8, 4) is 11.4 Å². The summed E-state index contributed by atoms with van der Waals surface area (Å²) in [4.78, 5) is 20.9. The van der Waals surface area contributed by atoms with Gasteiger partial charge >= 0.3 is 0 Å². The van der Waals surface area contributed by atoms with Crippen LogP contribution >= 0.6 is 0 Å². The maximum absolute atomic E-state index is 12.4. The van der Waals surface area contributed by atoms with E-state index in [-0.39, 0.29) is 5.91 Å².